The van der Waals surface area contributed by atoms with Gasteiger partial charge in [0, 0.05) is 43.3 Å². The SMILES string of the molecule is Cc1c(C(=O)N2CCCC(c3nc(C)n4ccsc34)C2)cnn1C. The van der Waals surface area contributed by atoms with Gasteiger partial charge in [0.1, 0.15) is 10.7 Å². The predicted molar refractivity (Wildman–Crippen MR) is 93.6 cm³/mol. The Kier molecular flexibility index (Phi) is 3.68. The maximum absolute atomic E-state index is 12.9. The lowest BCUT2D eigenvalue weighted by molar-refractivity contribution is 0.0705. The van der Waals surface area contributed by atoms with Crippen LogP contribution in [0.15, 0.2) is 17.8 Å². The van der Waals surface area contributed by atoms with Gasteiger partial charge in [0.05, 0.1) is 17.5 Å². The van der Waals surface area contributed by atoms with Gasteiger partial charge in [0.15, 0.2) is 0 Å². The summed E-state index contributed by atoms with van der Waals surface area (Å²) < 4.78 is 3.90. The largest absolute Gasteiger partial charge is 0.338 e. The molecule has 4 rings (SSSR count). The van der Waals surface area contributed by atoms with E-state index in [-0.39, 0.29) is 5.91 Å². The molecule has 3 aromatic rings. The van der Waals surface area contributed by atoms with Crippen LogP contribution in [-0.4, -0.2) is 43.1 Å². The first kappa shape index (κ1) is 15.4. The molecule has 1 aliphatic heterocycles. The standard InChI is InChI=1S/C17H21N5OS/c1-11-14(9-18-20(11)3)16(23)21-6-4-5-13(10-21)15-17-22(7-8-24-17)12(2)19-15/h7-9,13H,4-6,10H2,1-3H3. The molecule has 3 aromatic heterocycles. The fraction of sp³-hybridized carbons (Fsp3) is 0.471. The van der Waals surface area contributed by atoms with Crippen molar-refractivity contribution < 1.29 is 4.79 Å². The fourth-order valence-corrected chi connectivity index (χ4v) is 4.48. The highest BCUT2D eigenvalue weighted by Gasteiger charge is 2.30. The van der Waals surface area contributed by atoms with E-state index >= 15 is 0 Å². The Balaban J connectivity index is 1.61. The van der Waals surface area contributed by atoms with Crippen molar-refractivity contribution in [2.45, 2.75) is 32.6 Å². The molecule has 24 heavy (non-hydrogen) atoms. The van der Waals surface area contributed by atoms with E-state index in [1.54, 1.807) is 22.2 Å². The third kappa shape index (κ3) is 2.34. The number of likely N-dealkylation sites (tertiary alicyclic amines) is 1. The Hall–Kier alpha value is -2.15. The quantitative estimate of drug-likeness (QED) is 0.719. The number of thiazole rings is 1. The summed E-state index contributed by atoms with van der Waals surface area (Å²) in [6.07, 6.45) is 5.84. The lowest BCUT2D eigenvalue weighted by atomic mass is 9.94. The second-order valence-electron chi connectivity index (χ2n) is 6.48. The molecule has 0 N–H and O–H groups in total. The van der Waals surface area contributed by atoms with Crippen molar-refractivity contribution in [2.75, 3.05) is 13.1 Å². The molecule has 1 unspecified atom stereocenters. The first-order chi connectivity index (χ1) is 11.6. The Morgan fingerprint density at radius 2 is 2.21 bits per heavy atom. The number of fused-ring (bicyclic) bond motifs is 1. The van der Waals surface area contributed by atoms with Crippen molar-refractivity contribution in [3.8, 4) is 0 Å². The van der Waals surface area contributed by atoms with Gasteiger partial charge in [-0.15, -0.1) is 11.3 Å². The highest BCUT2D eigenvalue weighted by molar-refractivity contribution is 7.15. The van der Waals surface area contributed by atoms with E-state index in [1.165, 1.54) is 4.83 Å². The van der Waals surface area contributed by atoms with Crippen LogP contribution in [0.2, 0.25) is 0 Å². The molecule has 6 nitrogen and oxygen atoms in total. The summed E-state index contributed by atoms with van der Waals surface area (Å²) in [7, 11) is 1.87. The lowest BCUT2D eigenvalue weighted by Crippen LogP contribution is -2.39. The number of imidazole rings is 1. The molecular weight excluding hydrogens is 322 g/mol. The second-order valence-corrected chi connectivity index (χ2v) is 7.37. The summed E-state index contributed by atoms with van der Waals surface area (Å²) in [4.78, 5) is 20.8. The summed E-state index contributed by atoms with van der Waals surface area (Å²) in [5.41, 5.74) is 2.77. The van der Waals surface area contributed by atoms with Crippen LogP contribution in [0, 0.1) is 13.8 Å². The van der Waals surface area contributed by atoms with Crippen molar-refractivity contribution >= 4 is 22.1 Å². The molecule has 0 bridgehead atoms. The maximum Gasteiger partial charge on any atom is 0.257 e. The topological polar surface area (TPSA) is 55.4 Å². The zero-order valence-corrected chi connectivity index (χ0v) is 15.0. The summed E-state index contributed by atoms with van der Waals surface area (Å²) >= 11 is 1.72. The van der Waals surface area contributed by atoms with Gasteiger partial charge in [-0.3, -0.25) is 13.9 Å². The zero-order chi connectivity index (χ0) is 16.8. The Bertz CT molecular complexity index is 906. The number of nitrogens with zero attached hydrogens (tertiary/aromatic N) is 5. The van der Waals surface area contributed by atoms with E-state index in [0.29, 0.717) is 11.5 Å². The molecule has 0 saturated carbocycles. The zero-order valence-electron chi connectivity index (χ0n) is 14.2. The summed E-state index contributed by atoms with van der Waals surface area (Å²) in [6.45, 7) is 5.52. The van der Waals surface area contributed by atoms with E-state index in [0.717, 1.165) is 43.1 Å². The fourth-order valence-electron chi connectivity index (χ4n) is 3.52. The van der Waals surface area contributed by atoms with Gasteiger partial charge in [0.25, 0.3) is 5.91 Å². The first-order valence-electron chi connectivity index (χ1n) is 8.26. The molecule has 1 aliphatic rings. The number of rotatable bonds is 2. The van der Waals surface area contributed by atoms with Gasteiger partial charge in [-0.2, -0.15) is 5.10 Å². The normalized spacial score (nSPS) is 18.5. The van der Waals surface area contributed by atoms with Crippen molar-refractivity contribution in [3.63, 3.8) is 0 Å². The molecular formula is C17H21N5OS. The lowest BCUT2D eigenvalue weighted by Gasteiger charge is -2.32. The van der Waals surface area contributed by atoms with E-state index in [9.17, 15) is 4.79 Å². The molecule has 0 spiro atoms. The smallest absolute Gasteiger partial charge is 0.257 e. The number of hydrogen-bond acceptors (Lipinski definition) is 4. The van der Waals surface area contributed by atoms with Crippen molar-refractivity contribution in [1.82, 2.24) is 24.1 Å². The predicted octanol–water partition coefficient (Wildman–Crippen LogP) is 2.77. The minimum Gasteiger partial charge on any atom is -0.338 e. The van der Waals surface area contributed by atoms with Gasteiger partial charge >= 0.3 is 0 Å². The number of carbonyl (C=O) groups excluding carboxylic acids is 1. The molecule has 1 saturated heterocycles. The van der Waals surface area contributed by atoms with Crippen LogP contribution in [0.3, 0.4) is 0 Å². The Morgan fingerprint density at radius 3 is 2.96 bits per heavy atom. The number of piperidine rings is 1. The molecule has 7 heteroatoms. The Morgan fingerprint density at radius 1 is 1.38 bits per heavy atom. The number of carbonyl (C=O) groups is 1. The van der Waals surface area contributed by atoms with Crippen LogP contribution in [0.1, 0.15) is 46.3 Å². The third-order valence-corrected chi connectivity index (χ3v) is 5.91. The molecule has 0 aromatic carbocycles. The minimum absolute atomic E-state index is 0.0867. The van der Waals surface area contributed by atoms with Gasteiger partial charge in [-0.05, 0) is 26.7 Å². The highest BCUT2D eigenvalue weighted by atomic mass is 32.1. The number of aromatic nitrogens is 4. The van der Waals surface area contributed by atoms with Crippen LogP contribution in [0.5, 0.6) is 0 Å². The molecule has 1 fully saturated rings. The van der Waals surface area contributed by atoms with Crippen LogP contribution < -0.4 is 0 Å². The van der Waals surface area contributed by atoms with E-state index in [1.807, 2.05) is 25.8 Å². The maximum atomic E-state index is 12.9. The van der Waals surface area contributed by atoms with Gasteiger partial charge in [-0.25, -0.2) is 4.98 Å². The number of amides is 1. The van der Waals surface area contributed by atoms with E-state index < -0.39 is 0 Å². The van der Waals surface area contributed by atoms with Gasteiger partial charge in [0.2, 0.25) is 0 Å². The van der Waals surface area contributed by atoms with Crippen LogP contribution in [-0.2, 0) is 7.05 Å². The Labute approximate surface area is 144 Å². The van der Waals surface area contributed by atoms with Crippen LogP contribution >= 0.6 is 11.3 Å². The summed E-state index contributed by atoms with van der Waals surface area (Å²) in [5, 5.41) is 6.30. The van der Waals surface area contributed by atoms with Crippen LogP contribution in [0.25, 0.3) is 4.83 Å². The van der Waals surface area contributed by atoms with Gasteiger partial charge in [-0.1, -0.05) is 0 Å². The molecule has 0 aliphatic carbocycles. The van der Waals surface area contributed by atoms with E-state index in [4.69, 9.17) is 4.98 Å². The van der Waals surface area contributed by atoms with Crippen molar-refractivity contribution in [3.05, 3.63) is 40.5 Å². The minimum atomic E-state index is 0.0867. The summed E-state index contributed by atoms with van der Waals surface area (Å²) in [5.74, 6) is 1.42. The van der Waals surface area contributed by atoms with Crippen LogP contribution in [0.4, 0.5) is 0 Å². The average Bonchev–Trinajstić information content (AvgIpc) is 3.26. The van der Waals surface area contributed by atoms with Gasteiger partial charge < -0.3 is 4.90 Å². The number of aryl methyl sites for hydroxylation is 2. The molecule has 1 atom stereocenters. The molecule has 0 radical (unpaired) electrons. The molecule has 1 amide bonds. The van der Waals surface area contributed by atoms with E-state index in [2.05, 4.69) is 21.1 Å². The monoisotopic (exact) mass is 343 g/mol. The van der Waals surface area contributed by atoms with Crippen molar-refractivity contribution in [2.24, 2.45) is 7.05 Å². The van der Waals surface area contributed by atoms with Crippen molar-refractivity contribution in [1.29, 1.82) is 0 Å². The highest BCUT2D eigenvalue weighted by Crippen LogP contribution is 2.32. The number of hydrogen-bond donors (Lipinski definition) is 0. The molecule has 4 heterocycles. The first-order valence-corrected chi connectivity index (χ1v) is 9.14. The average molecular weight is 343 g/mol. The summed E-state index contributed by atoms with van der Waals surface area (Å²) in [6, 6.07) is 0. The molecule has 126 valence electrons. The second kappa shape index (κ2) is 5.73. The third-order valence-electron chi connectivity index (χ3n) is 5.02.